The number of hydrogen-bond donors (Lipinski definition) is 1. The molecule has 0 bridgehead atoms. The van der Waals surface area contributed by atoms with Gasteiger partial charge in [-0.15, -0.1) is 0 Å². The smallest absolute Gasteiger partial charge is 0.167 e. The molecule has 1 aromatic rings. The second-order valence-electron chi connectivity index (χ2n) is 2.06. The third-order valence-corrected chi connectivity index (χ3v) is 2.14. The van der Waals surface area contributed by atoms with E-state index in [2.05, 4.69) is 20.9 Å². The van der Waals surface area contributed by atoms with E-state index in [0.717, 1.165) is 0 Å². The van der Waals surface area contributed by atoms with Crippen LogP contribution in [0.2, 0.25) is 5.15 Å². The van der Waals surface area contributed by atoms with Gasteiger partial charge in [-0.2, -0.15) is 5.26 Å². The molecule has 0 radical (unpaired) electrons. The Balaban J connectivity index is 3.15. The van der Waals surface area contributed by atoms with E-state index in [-0.39, 0.29) is 5.15 Å². The molecule has 3 nitrogen and oxygen atoms in total. The van der Waals surface area contributed by atoms with Crippen molar-refractivity contribution < 1.29 is 5.11 Å². The molecule has 0 amide bonds. The molecule has 0 saturated heterocycles. The predicted octanol–water partition coefficient (Wildman–Crippen LogP) is 2.05. The summed E-state index contributed by atoms with van der Waals surface area (Å²) in [6, 6.07) is 3.13. The maximum Gasteiger partial charge on any atom is 0.167 e. The van der Waals surface area contributed by atoms with E-state index in [1.165, 1.54) is 12.3 Å². The number of aromatic nitrogens is 1. The summed E-state index contributed by atoms with van der Waals surface area (Å²) >= 11 is 8.70. The minimum atomic E-state index is -1.17. The lowest BCUT2D eigenvalue weighted by molar-refractivity contribution is 0.235. The van der Waals surface area contributed by atoms with Gasteiger partial charge < -0.3 is 5.11 Å². The number of pyridine rings is 1. The summed E-state index contributed by atoms with van der Waals surface area (Å²) in [7, 11) is 0. The number of halogens is 2. The zero-order valence-corrected chi connectivity index (χ0v) is 8.17. The van der Waals surface area contributed by atoms with Crippen molar-refractivity contribution in [2.75, 3.05) is 0 Å². The van der Waals surface area contributed by atoms with Crippen molar-refractivity contribution in [2.45, 2.75) is 6.10 Å². The van der Waals surface area contributed by atoms with Gasteiger partial charge in [0.2, 0.25) is 0 Å². The summed E-state index contributed by atoms with van der Waals surface area (Å²) in [5, 5.41) is 17.8. The molecule has 0 spiro atoms. The lowest BCUT2D eigenvalue weighted by atomic mass is 10.2. The number of hydrogen-bond acceptors (Lipinski definition) is 3. The quantitative estimate of drug-likeness (QED) is 0.610. The van der Waals surface area contributed by atoms with Gasteiger partial charge in [0.1, 0.15) is 5.15 Å². The predicted molar refractivity (Wildman–Crippen MR) is 47.5 cm³/mol. The Morgan fingerprint density at radius 2 is 2.42 bits per heavy atom. The standard InChI is InChI=1S/C7H4BrClN2O/c8-5-3-11-7(9)1-4(5)6(12)2-10/h1,3,6,12H. The topological polar surface area (TPSA) is 56.9 Å². The summed E-state index contributed by atoms with van der Waals surface area (Å²) in [5.74, 6) is 0. The van der Waals surface area contributed by atoms with Crippen molar-refractivity contribution in [3.8, 4) is 6.07 Å². The second-order valence-corrected chi connectivity index (χ2v) is 3.30. The number of aliphatic hydroxyl groups excluding tert-OH is 1. The molecule has 0 saturated carbocycles. The number of rotatable bonds is 1. The summed E-state index contributed by atoms with van der Waals surface area (Å²) in [4.78, 5) is 3.75. The lowest BCUT2D eigenvalue weighted by Crippen LogP contribution is -1.95. The maximum atomic E-state index is 9.16. The first-order chi connectivity index (χ1) is 5.65. The Kier molecular flexibility index (Phi) is 3.04. The van der Waals surface area contributed by atoms with E-state index >= 15 is 0 Å². The van der Waals surface area contributed by atoms with Gasteiger partial charge in [0.25, 0.3) is 0 Å². The highest BCUT2D eigenvalue weighted by atomic mass is 79.9. The molecule has 1 unspecified atom stereocenters. The third-order valence-electron chi connectivity index (χ3n) is 1.27. The van der Waals surface area contributed by atoms with Gasteiger partial charge in [-0.3, -0.25) is 0 Å². The zero-order valence-electron chi connectivity index (χ0n) is 5.83. The van der Waals surface area contributed by atoms with Crippen LogP contribution in [0.4, 0.5) is 0 Å². The van der Waals surface area contributed by atoms with E-state index in [1.807, 2.05) is 0 Å². The monoisotopic (exact) mass is 246 g/mol. The highest BCUT2D eigenvalue weighted by Gasteiger charge is 2.10. The van der Waals surface area contributed by atoms with Crippen molar-refractivity contribution in [1.29, 1.82) is 5.26 Å². The molecule has 1 atom stereocenters. The van der Waals surface area contributed by atoms with Gasteiger partial charge in [0, 0.05) is 16.2 Å². The molecule has 0 aliphatic heterocycles. The summed E-state index contributed by atoms with van der Waals surface area (Å²) in [6.45, 7) is 0. The van der Waals surface area contributed by atoms with Crippen LogP contribution in [0, 0.1) is 11.3 Å². The number of nitrogens with zero attached hydrogens (tertiary/aromatic N) is 2. The molecule has 62 valence electrons. The summed E-state index contributed by atoms with van der Waals surface area (Å²) in [6.07, 6.45) is 0.276. The lowest BCUT2D eigenvalue weighted by Gasteiger charge is -2.04. The minimum Gasteiger partial charge on any atom is -0.374 e. The first-order valence-corrected chi connectivity index (χ1v) is 4.21. The minimum absolute atomic E-state index is 0.252. The van der Waals surface area contributed by atoms with Crippen LogP contribution in [0.3, 0.4) is 0 Å². The average Bonchev–Trinajstić information content (AvgIpc) is 2.08. The average molecular weight is 247 g/mol. The van der Waals surface area contributed by atoms with E-state index in [4.69, 9.17) is 22.0 Å². The van der Waals surface area contributed by atoms with Crippen LogP contribution in [-0.2, 0) is 0 Å². The third kappa shape index (κ3) is 1.95. The largest absolute Gasteiger partial charge is 0.374 e. The van der Waals surface area contributed by atoms with Crippen molar-refractivity contribution in [3.05, 3.63) is 27.5 Å². The second kappa shape index (κ2) is 3.85. The first-order valence-electron chi connectivity index (χ1n) is 3.03. The van der Waals surface area contributed by atoms with Gasteiger partial charge in [0.15, 0.2) is 6.10 Å². The van der Waals surface area contributed by atoms with Crippen LogP contribution in [-0.4, -0.2) is 10.1 Å². The molecular formula is C7H4BrClN2O. The molecule has 1 aromatic heterocycles. The van der Waals surface area contributed by atoms with E-state index in [0.29, 0.717) is 10.0 Å². The molecular weight excluding hydrogens is 243 g/mol. The Hall–Kier alpha value is -0.630. The van der Waals surface area contributed by atoms with Crippen molar-refractivity contribution >= 4 is 27.5 Å². The van der Waals surface area contributed by atoms with E-state index in [1.54, 1.807) is 6.07 Å². The van der Waals surface area contributed by atoms with Gasteiger partial charge in [-0.05, 0) is 22.0 Å². The Bertz CT molecular complexity index is 337. The fraction of sp³-hybridized carbons (Fsp3) is 0.143. The molecule has 1 rings (SSSR count). The fourth-order valence-electron chi connectivity index (χ4n) is 0.706. The van der Waals surface area contributed by atoms with Gasteiger partial charge in [0.05, 0.1) is 6.07 Å². The highest BCUT2D eigenvalue weighted by Crippen LogP contribution is 2.24. The molecule has 12 heavy (non-hydrogen) atoms. The van der Waals surface area contributed by atoms with Crippen molar-refractivity contribution in [3.63, 3.8) is 0 Å². The van der Waals surface area contributed by atoms with Crippen LogP contribution in [0.5, 0.6) is 0 Å². The molecule has 1 N–H and O–H groups in total. The van der Waals surface area contributed by atoms with E-state index in [9.17, 15) is 0 Å². The summed E-state index contributed by atoms with van der Waals surface area (Å²) < 4.78 is 0.570. The molecule has 0 aliphatic rings. The van der Waals surface area contributed by atoms with Gasteiger partial charge in [-0.1, -0.05) is 11.6 Å². The molecule has 5 heteroatoms. The fourth-order valence-corrected chi connectivity index (χ4v) is 1.31. The van der Waals surface area contributed by atoms with Crippen LogP contribution in [0.1, 0.15) is 11.7 Å². The SMILES string of the molecule is N#CC(O)c1cc(Cl)ncc1Br. The maximum absolute atomic E-state index is 9.16. The van der Waals surface area contributed by atoms with Crippen LogP contribution in [0.25, 0.3) is 0 Å². The molecule has 0 fully saturated rings. The molecule has 1 heterocycles. The summed E-state index contributed by atoms with van der Waals surface area (Å²) in [5.41, 5.74) is 0.428. The Labute approximate surface area is 82.7 Å². The van der Waals surface area contributed by atoms with Gasteiger partial charge >= 0.3 is 0 Å². The van der Waals surface area contributed by atoms with Crippen molar-refractivity contribution in [1.82, 2.24) is 4.98 Å². The first kappa shape index (κ1) is 9.46. The Morgan fingerprint density at radius 3 is 3.00 bits per heavy atom. The van der Waals surface area contributed by atoms with E-state index < -0.39 is 6.10 Å². The van der Waals surface area contributed by atoms with Crippen LogP contribution >= 0.6 is 27.5 Å². The highest BCUT2D eigenvalue weighted by molar-refractivity contribution is 9.10. The number of nitriles is 1. The van der Waals surface area contributed by atoms with Crippen LogP contribution < -0.4 is 0 Å². The zero-order chi connectivity index (χ0) is 9.14. The Morgan fingerprint density at radius 1 is 1.75 bits per heavy atom. The molecule has 0 aliphatic carbocycles. The van der Waals surface area contributed by atoms with Crippen LogP contribution in [0.15, 0.2) is 16.7 Å². The number of aliphatic hydroxyl groups is 1. The van der Waals surface area contributed by atoms with Crippen molar-refractivity contribution in [2.24, 2.45) is 0 Å². The normalized spacial score (nSPS) is 12.2. The molecule has 0 aromatic carbocycles. The van der Waals surface area contributed by atoms with Gasteiger partial charge in [-0.25, -0.2) is 4.98 Å².